The van der Waals surface area contributed by atoms with E-state index in [1.807, 2.05) is 60.7 Å². The van der Waals surface area contributed by atoms with Crippen molar-refractivity contribution in [2.75, 3.05) is 0 Å². The number of nitrogens with zero attached hydrogens (tertiary/aromatic N) is 2. The summed E-state index contributed by atoms with van der Waals surface area (Å²) < 4.78 is 10.9. The molecule has 0 saturated carbocycles. The second kappa shape index (κ2) is 20.7. The van der Waals surface area contributed by atoms with Crippen molar-refractivity contribution in [1.29, 1.82) is 0 Å². The monoisotopic (exact) mass is 1040 g/mol. The van der Waals surface area contributed by atoms with Crippen molar-refractivity contribution < 1.29 is 9.68 Å². The van der Waals surface area contributed by atoms with Gasteiger partial charge in [-0.05, 0) is 132 Å². The van der Waals surface area contributed by atoms with Crippen LogP contribution in [0, 0.1) is 0 Å². The van der Waals surface area contributed by atoms with Crippen molar-refractivity contribution in [1.82, 2.24) is 14.1 Å². The molecule has 10 aromatic carbocycles. The van der Waals surface area contributed by atoms with Crippen LogP contribution in [0.15, 0.2) is 235 Å². The molecule has 0 amide bonds. The standard InChI is InChI=1S/C31H21N.C18H13BNO2.C12H8BrN.C2H4Cl2/c1-2-11-24(12-3-1)32-29-16-7-6-14-27(29)28-20-22(17-18-30(28)32)26-15-8-10-23-19-21-9-4-5-13-25(21)31(23)26;21-19-22-14-10-11-18-16(12-14)15-8-4-5-9-17(15)20(18)13-6-2-1-3-7-13;13-9-5-3-7-11-12(9)8-4-1-2-6-10(8)14-11;1-2(3)4/h1-18,20H,19H2;1-12,21H;1-7,14H;2H,1H3. The molecule has 1 aliphatic rings. The van der Waals surface area contributed by atoms with E-state index in [2.05, 4.69) is 200 Å². The molecule has 13 aromatic rings. The molecule has 0 saturated heterocycles. The van der Waals surface area contributed by atoms with Crippen molar-refractivity contribution in [3.8, 4) is 39.4 Å². The Morgan fingerprint density at radius 2 is 1.00 bits per heavy atom. The molecule has 14 rings (SSSR count). The fourth-order valence-corrected chi connectivity index (χ4v) is 10.8. The van der Waals surface area contributed by atoms with Crippen molar-refractivity contribution in [3.05, 3.63) is 246 Å². The molecule has 3 aromatic heterocycles. The number of H-pyrrole nitrogens is 1. The number of halogens is 3. The van der Waals surface area contributed by atoms with E-state index in [1.165, 1.54) is 82.7 Å². The van der Waals surface area contributed by atoms with Crippen LogP contribution < -0.4 is 4.65 Å². The quantitative estimate of drug-likeness (QED) is 0.133. The fraction of sp³-hybridized carbons (Fsp3) is 0.0476. The average Bonchev–Trinajstić information content (AvgIpc) is 4.17. The molecule has 1 aliphatic carbocycles. The minimum atomic E-state index is -0.222. The first-order valence-corrected chi connectivity index (χ1v) is 25.5. The van der Waals surface area contributed by atoms with Gasteiger partial charge >= 0.3 is 7.69 Å². The molecule has 3 heterocycles. The van der Waals surface area contributed by atoms with E-state index in [4.69, 9.17) is 32.9 Å². The van der Waals surface area contributed by atoms with Gasteiger partial charge in [-0.3, -0.25) is 0 Å². The van der Waals surface area contributed by atoms with Crippen molar-refractivity contribution in [2.45, 2.75) is 18.2 Å². The van der Waals surface area contributed by atoms with Crippen molar-refractivity contribution in [2.24, 2.45) is 0 Å². The molecule has 0 atom stereocenters. The Balaban J connectivity index is 0.000000121. The topological polar surface area (TPSA) is 55.1 Å². The van der Waals surface area contributed by atoms with Gasteiger partial charge in [0.25, 0.3) is 0 Å². The molecule has 1 radical (unpaired) electrons. The van der Waals surface area contributed by atoms with Gasteiger partial charge in [0.1, 0.15) is 10.6 Å². The number of alkyl halides is 2. The first-order valence-electron chi connectivity index (χ1n) is 23.8. The first-order chi connectivity index (χ1) is 35.4. The predicted octanol–water partition coefficient (Wildman–Crippen LogP) is 17.6. The Hall–Kier alpha value is -7.52. The second-order valence-electron chi connectivity index (χ2n) is 17.5. The van der Waals surface area contributed by atoms with Gasteiger partial charge in [-0.25, -0.2) is 0 Å². The summed E-state index contributed by atoms with van der Waals surface area (Å²) in [6, 6.07) is 80.9. The van der Waals surface area contributed by atoms with Crippen molar-refractivity contribution in [3.63, 3.8) is 0 Å². The lowest BCUT2D eigenvalue weighted by molar-refractivity contribution is 0.454. The summed E-state index contributed by atoms with van der Waals surface area (Å²) in [7, 11) is 0.706. The van der Waals surface area contributed by atoms with Gasteiger partial charge in [-0.1, -0.05) is 162 Å². The predicted molar refractivity (Wildman–Crippen MR) is 309 cm³/mol. The number of aromatic nitrogens is 3. The van der Waals surface area contributed by atoms with Crippen LogP contribution in [-0.2, 0) is 6.42 Å². The van der Waals surface area contributed by atoms with Gasteiger partial charge in [0, 0.05) is 59.2 Å². The number of rotatable bonds is 5. The minimum Gasteiger partial charge on any atom is -0.537 e. The molecule has 5 nitrogen and oxygen atoms in total. The molecule has 0 fully saturated rings. The van der Waals surface area contributed by atoms with Gasteiger partial charge in [0.2, 0.25) is 0 Å². The van der Waals surface area contributed by atoms with E-state index in [-0.39, 0.29) is 4.84 Å². The van der Waals surface area contributed by atoms with Crippen molar-refractivity contribution >= 4 is 112 Å². The third-order valence-corrected chi connectivity index (χ3v) is 13.8. The fourth-order valence-electron chi connectivity index (χ4n) is 10.2. The first kappa shape index (κ1) is 46.8. The lowest BCUT2D eigenvalue weighted by Crippen LogP contribution is -1.99. The molecule has 2 N–H and O–H groups in total. The molecule has 0 unspecified atom stereocenters. The van der Waals surface area contributed by atoms with Gasteiger partial charge in [0.05, 0.1) is 22.1 Å². The molecule has 0 spiro atoms. The summed E-state index contributed by atoms with van der Waals surface area (Å²) >= 11 is 13.7. The Morgan fingerprint density at radius 1 is 0.500 bits per heavy atom. The summed E-state index contributed by atoms with van der Waals surface area (Å²) in [4.78, 5) is 3.17. The van der Waals surface area contributed by atoms with E-state index >= 15 is 0 Å². The highest BCUT2D eigenvalue weighted by atomic mass is 79.9. The maximum Gasteiger partial charge on any atom is 0.569 e. The Labute approximate surface area is 436 Å². The van der Waals surface area contributed by atoms with E-state index in [0.717, 1.165) is 38.4 Å². The highest BCUT2D eigenvalue weighted by molar-refractivity contribution is 9.10. The van der Waals surface area contributed by atoms with Crippen LogP contribution in [0.3, 0.4) is 0 Å². The Morgan fingerprint density at radius 3 is 1.67 bits per heavy atom. The van der Waals surface area contributed by atoms with Gasteiger partial charge in [-0.2, -0.15) is 0 Å². The third-order valence-electron chi connectivity index (χ3n) is 13.1. The number of benzene rings is 10. The zero-order chi connectivity index (χ0) is 49.1. The Kier molecular flexibility index (Phi) is 13.5. The smallest absolute Gasteiger partial charge is 0.537 e. The van der Waals surface area contributed by atoms with E-state index < -0.39 is 0 Å². The number of para-hydroxylation sites is 5. The highest BCUT2D eigenvalue weighted by Crippen LogP contribution is 2.44. The summed E-state index contributed by atoms with van der Waals surface area (Å²) in [6.45, 7) is 1.70. The maximum atomic E-state index is 8.84. The van der Waals surface area contributed by atoms with Crippen LogP contribution in [0.1, 0.15) is 18.1 Å². The molecular formula is C63H46BBrCl2N3O2. The summed E-state index contributed by atoms with van der Waals surface area (Å²) in [6.07, 6.45) is 1.02. The van der Waals surface area contributed by atoms with Crippen LogP contribution in [-0.4, -0.2) is 31.7 Å². The minimum absolute atomic E-state index is 0.222. The number of fused-ring (bicyclic) bond motifs is 12. The molecule has 0 aliphatic heterocycles. The maximum absolute atomic E-state index is 8.84. The molecule has 349 valence electrons. The normalized spacial score (nSPS) is 11.5. The second-order valence-corrected chi connectivity index (χ2v) is 19.9. The highest BCUT2D eigenvalue weighted by Gasteiger charge is 2.22. The van der Waals surface area contributed by atoms with Gasteiger partial charge in [-0.15, -0.1) is 23.2 Å². The SMILES string of the molecule is Brc1cccc2[nH]c3ccccc3c12.CC(Cl)Cl.O[B]Oc1ccc2c(c1)c1ccccc1n2-c1ccccc1.c1ccc(-n2c3ccccc3c3cc(-c4cccc5c4-c4ccccc4C5)ccc32)cc1. The van der Waals surface area contributed by atoms with Gasteiger partial charge in [0.15, 0.2) is 0 Å². The Bertz CT molecular complexity index is 4050. The summed E-state index contributed by atoms with van der Waals surface area (Å²) in [5.41, 5.74) is 17.7. The number of hydrogen-bond acceptors (Lipinski definition) is 2. The molecule has 0 bridgehead atoms. The lowest BCUT2D eigenvalue weighted by Gasteiger charge is -2.11. The summed E-state index contributed by atoms with van der Waals surface area (Å²) in [5.74, 6) is 0.617. The number of nitrogens with one attached hydrogen (secondary N) is 1. The van der Waals surface area contributed by atoms with E-state index in [0.29, 0.717) is 13.4 Å². The zero-order valence-electron chi connectivity index (χ0n) is 39.2. The lowest BCUT2D eigenvalue weighted by atomic mass is 9.93. The molecular weight excluding hydrogens is 992 g/mol. The van der Waals surface area contributed by atoms with Crippen LogP contribution in [0.2, 0.25) is 0 Å². The zero-order valence-corrected chi connectivity index (χ0v) is 42.3. The number of aromatic amines is 1. The van der Waals surface area contributed by atoms with Crippen LogP contribution in [0.4, 0.5) is 0 Å². The van der Waals surface area contributed by atoms with Crippen LogP contribution in [0.5, 0.6) is 5.75 Å². The van der Waals surface area contributed by atoms with Gasteiger partial charge < -0.3 is 23.8 Å². The summed E-state index contributed by atoms with van der Waals surface area (Å²) in [5, 5.41) is 16.2. The van der Waals surface area contributed by atoms with E-state index in [1.54, 1.807) is 6.92 Å². The average molecular weight is 1040 g/mol. The number of hydrogen-bond donors (Lipinski definition) is 2. The van der Waals surface area contributed by atoms with Crippen LogP contribution >= 0.6 is 39.1 Å². The van der Waals surface area contributed by atoms with E-state index in [9.17, 15) is 0 Å². The van der Waals surface area contributed by atoms with Crippen LogP contribution in [0.25, 0.3) is 99.0 Å². The third kappa shape index (κ3) is 9.06. The molecule has 72 heavy (non-hydrogen) atoms. The largest absolute Gasteiger partial charge is 0.569 e. The molecule has 9 heteroatoms.